The minimum absolute atomic E-state index is 0.211. The van der Waals surface area contributed by atoms with Crippen molar-refractivity contribution in [3.05, 3.63) is 53.1 Å². The molecule has 29 heavy (non-hydrogen) atoms. The molecule has 154 valence electrons. The number of esters is 1. The molecular weight excluding hydrogens is 374 g/mol. The quantitative estimate of drug-likeness (QED) is 0.696. The first-order valence-electron chi connectivity index (χ1n) is 9.35. The lowest BCUT2D eigenvalue weighted by Crippen LogP contribution is -2.42. The van der Waals surface area contributed by atoms with Crippen molar-refractivity contribution in [2.45, 2.75) is 26.0 Å². The molecule has 0 saturated heterocycles. The van der Waals surface area contributed by atoms with Gasteiger partial charge in [0, 0.05) is 13.1 Å². The molecule has 1 unspecified atom stereocenters. The van der Waals surface area contributed by atoms with Gasteiger partial charge in [-0.2, -0.15) is 0 Å². The molecule has 0 aromatic heterocycles. The topological polar surface area (TPSA) is 74.3 Å². The van der Waals surface area contributed by atoms with Gasteiger partial charge in [0.05, 0.1) is 26.9 Å². The van der Waals surface area contributed by atoms with Crippen LogP contribution in [0.1, 0.15) is 28.4 Å². The van der Waals surface area contributed by atoms with Crippen LogP contribution in [0.5, 0.6) is 17.2 Å². The van der Waals surface area contributed by atoms with E-state index in [4.69, 9.17) is 18.9 Å². The van der Waals surface area contributed by atoms with Crippen molar-refractivity contribution in [2.75, 3.05) is 27.9 Å². The molecule has 2 aromatic rings. The standard InChI is InChI=1S/C22H25NO6/c1-14(21(24)23-10-9-15-7-5-6-8-16(15)13-23)29-22(25)17-11-18(26-2)20(28-4)19(12-17)27-3/h5-8,11-12,14H,9-10,13H2,1-4H3. The van der Waals surface area contributed by atoms with Crippen LogP contribution in [0.25, 0.3) is 0 Å². The Morgan fingerprint density at radius 2 is 1.59 bits per heavy atom. The van der Waals surface area contributed by atoms with Crippen LogP contribution in [-0.4, -0.2) is 50.8 Å². The predicted octanol–water partition coefficient (Wildman–Crippen LogP) is 2.84. The number of nitrogens with zero attached hydrogens (tertiary/aromatic N) is 1. The van der Waals surface area contributed by atoms with E-state index in [-0.39, 0.29) is 11.5 Å². The third-order valence-electron chi connectivity index (χ3n) is 4.97. The number of fused-ring (bicyclic) bond motifs is 1. The van der Waals surface area contributed by atoms with Crippen LogP contribution in [0.3, 0.4) is 0 Å². The Balaban J connectivity index is 1.71. The lowest BCUT2D eigenvalue weighted by atomic mass is 9.99. The zero-order chi connectivity index (χ0) is 21.0. The van der Waals surface area contributed by atoms with Gasteiger partial charge in [-0.15, -0.1) is 0 Å². The molecule has 2 aromatic carbocycles. The maximum absolute atomic E-state index is 12.8. The summed E-state index contributed by atoms with van der Waals surface area (Å²) in [5.74, 6) is 0.196. The molecular formula is C22H25NO6. The first-order valence-corrected chi connectivity index (χ1v) is 9.35. The maximum atomic E-state index is 12.8. The van der Waals surface area contributed by atoms with Crippen LogP contribution >= 0.6 is 0 Å². The summed E-state index contributed by atoms with van der Waals surface area (Å²) in [5, 5.41) is 0. The first-order chi connectivity index (χ1) is 14.0. The number of methoxy groups -OCH3 is 3. The molecule has 1 aliphatic heterocycles. The molecule has 1 aliphatic rings. The van der Waals surface area contributed by atoms with Crippen molar-refractivity contribution < 1.29 is 28.5 Å². The third kappa shape index (κ3) is 4.29. The maximum Gasteiger partial charge on any atom is 0.339 e. The monoisotopic (exact) mass is 399 g/mol. The Bertz CT molecular complexity index is 885. The fourth-order valence-electron chi connectivity index (χ4n) is 3.42. The van der Waals surface area contributed by atoms with E-state index in [0.29, 0.717) is 30.3 Å². The van der Waals surface area contributed by atoms with Crippen LogP contribution in [0.2, 0.25) is 0 Å². The number of ether oxygens (including phenoxy) is 4. The lowest BCUT2D eigenvalue weighted by Gasteiger charge is -2.30. The lowest BCUT2D eigenvalue weighted by molar-refractivity contribution is -0.140. The Kier molecular flexibility index (Phi) is 6.26. The second kappa shape index (κ2) is 8.86. The second-order valence-corrected chi connectivity index (χ2v) is 6.74. The number of carbonyl (C=O) groups excluding carboxylic acids is 2. The molecule has 7 heteroatoms. The van der Waals surface area contributed by atoms with E-state index in [2.05, 4.69) is 6.07 Å². The van der Waals surface area contributed by atoms with Crippen LogP contribution in [-0.2, 0) is 22.5 Å². The highest BCUT2D eigenvalue weighted by Gasteiger charge is 2.28. The molecule has 1 heterocycles. The average molecular weight is 399 g/mol. The van der Waals surface area contributed by atoms with Gasteiger partial charge in [0.25, 0.3) is 5.91 Å². The molecule has 0 N–H and O–H groups in total. The minimum atomic E-state index is -0.910. The van der Waals surface area contributed by atoms with Crippen molar-refractivity contribution >= 4 is 11.9 Å². The average Bonchev–Trinajstić information content (AvgIpc) is 2.76. The summed E-state index contributed by atoms with van der Waals surface area (Å²) in [7, 11) is 4.41. The molecule has 0 bridgehead atoms. The highest BCUT2D eigenvalue weighted by Crippen LogP contribution is 2.38. The Morgan fingerprint density at radius 3 is 2.17 bits per heavy atom. The van der Waals surface area contributed by atoms with Gasteiger partial charge in [0.2, 0.25) is 5.75 Å². The van der Waals surface area contributed by atoms with E-state index in [1.807, 2.05) is 18.2 Å². The fraction of sp³-hybridized carbons (Fsp3) is 0.364. The van der Waals surface area contributed by atoms with Crippen LogP contribution in [0.4, 0.5) is 0 Å². The first kappa shape index (κ1) is 20.5. The van der Waals surface area contributed by atoms with Gasteiger partial charge in [-0.05, 0) is 36.6 Å². The van der Waals surface area contributed by atoms with Gasteiger partial charge in [0.1, 0.15) is 0 Å². The van der Waals surface area contributed by atoms with Crippen LogP contribution in [0, 0.1) is 0 Å². The molecule has 0 radical (unpaired) electrons. The van der Waals surface area contributed by atoms with Gasteiger partial charge >= 0.3 is 5.97 Å². The Morgan fingerprint density at radius 1 is 0.966 bits per heavy atom. The van der Waals surface area contributed by atoms with Gasteiger partial charge in [-0.25, -0.2) is 4.79 Å². The smallest absolute Gasteiger partial charge is 0.339 e. The zero-order valence-corrected chi connectivity index (χ0v) is 17.1. The minimum Gasteiger partial charge on any atom is -0.493 e. The van der Waals surface area contributed by atoms with E-state index < -0.39 is 12.1 Å². The summed E-state index contributed by atoms with van der Waals surface area (Å²) < 4.78 is 21.2. The second-order valence-electron chi connectivity index (χ2n) is 6.74. The van der Waals surface area contributed by atoms with E-state index in [1.165, 1.54) is 39.0 Å². The molecule has 0 saturated carbocycles. The number of hydrogen-bond acceptors (Lipinski definition) is 6. The highest BCUT2D eigenvalue weighted by atomic mass is 16.6. The van der Waals surface area contributed by atoms with Crippen molar-refractivity contribution in [3.8, 4) is 17.2 Å². The molecule has 1 atom stereocenters. The molecule has 1 amide bonds. The summed E-state index contributed by atoms with van der Waals surface area (Å²) in [6, 6.07) is 11.0. The van der Waals surface area contributed by atoms with E-state index >= 15 is 0 Å². The fourth-order valence-corrected chi connectivity index (χ4v) is 3.42. The number of rotatable bonds is 6. The number of carbonyl (C=O) groups is 2. The van der Waals surface area contributed by atoms with E-state index in [1.54, 1.807) is 11.8 Å². The van der Waals surface area contributed by atoms with E-state index in [0.717, 1.165) is 12.0 Å². The van der Waals surface area contributed by atoms with Gasteiger partial charge < -0.3 is 23.8 Å². The summed E-state index contributed by atoms with van der Waals surface area (Å²) in [4.78, 5) is 27.2. The summed E-state index contributed by atoms with van der Waals surface area (Å²) >= 11 is 0. The Labute approximate surface area is 170 Å². The normalized spacial score (nSPS) is 13.9. The zero-order valence-electron chi connectivity index (χ0n) is 17.1. The highest BCUT2D eigenvalue weighted by molar-refractivity contribution is 5.93. The third-order valence-corrected chi connectivity index (χ3v) is 4.97. The molecule has 0 aliphatic carbocycles. The summed E-state index contributed by atoms with van der Waals surface area (Å²) in [6.45, 7) is 2.70. The molecule has 3 rings (SSSR count). The van der Waals surface area contributed by atoms with E-state index in [9.17, 15) is 9.59 Å². The van der Waals surface area contributed by atoms with Gasteiger partial charge in [-0.1, -0.05) is 24.3 Å². The molecule has 0 spiro atoms. The van der Waals surface area contributed by atoms with Gasteiger partial charge in [-0.3, -0.25) is 4.79 Å². The SMILES string of the molecule is COc1cc(C(=O)OC(C)C(=O)N2CCc3ccccc3C2)cc(OC)c1OC. The van der Waals surface area contributed by atoms with Crippen LogP contribution in [0.15, 0.2) is 36.4 Å². The van der Waals surface area contributed by atoms with Crippen molar-refractivity contribution in [2.24, 2.45) is 0 Å². The van der Waals surface area contributed by atoms with Gasteiger partial charge in [0.15, 0.2) is 17.6 Å². The predicted molar refractivity (Wildman–Crippen MR) is 107 cm³/mol. The van der Waals surface area contributed by atoms with Crippen molar-refractivity contribution in [1.82, 2.24) is 4.90 Å². The van der Waals surface area contributed by atoms with Crippen molar-refractivity contribution in [1.29, 1.82) is 0 Å². The molecule has 7 nitrogen and oxygen atoms in total. The van der Waals surface area contributed by atoms with Crippen LogP contribution < -0.4 is 14.2 Å². The summed E-state index contributed by atoms with van der Waals surface area (Å²) in [5.41, 5.74) is 2.58. The Hall–Kier alpha value is -3.22. The number of hydrogen-bond donors (Lipinski definition) is 0. The number of benzene rings is 2. The molecule has 0 fully saturated rings. The summed E-state index contributed by atoms with van der Waals surface area (Å²) in [6.07, 6.45) is -0.123. The number of amides is 1. The van der Waals surface area contributed by atoms with Crippen molar-refractivity contribution in [3.63, 3.8) is 0 Å². The largest absolute Gasteiger partial charge is 0.493 e.